The molecule has 4 aliphatic rings. The highest BCUT2D eigenvalue weighted by molar-refractivity contribution is 9.09. The summed E-state index contributed by atoms with van der Waals surface area (Å²) in [5.74, 6) is -0.630. The number of nitrogens with one attached hydrogen (secondary N) is 1. The maximum Gasteiger partial charge on any atom is 0.326 e. The number of aldehydes is 1. The fourth-order valence-corrected chi connectivity index (χ4v) is 8.85. The maximum atomic E-state index is 12.2. The van der Waals surface area contributed by atoms with Gasteiger partial charge in [-0.3, -0.25) is 23.7 Å². The molecule has 23 nitrogen and oxygen atoms in total. The molecule has 0 radical (unpaired) electrons. The van der Waals surface area contributed by atoms with Crippen LogP contribution in [0, 0.1) is 0 Å². The summed E-state index contributed by atoms with van der Waals surface area (Å²) in [4.78, 5) is 89.5. The number of H-pyrrole nitrogens is 1. The summed E-state index contributed by atoms with van der Waals surface area (Å²) in [7, 11) is 0. The van der Waals surface area contributed by atoms with E-state index in [0.717, 1.165) is 29.5 Å². The van der Waals surface area contributed by atoms with Crippen LogP contribution in [0.3, 0.4) is 0 Å². The van der Waals surface area contributed by atoms with Crippen LogP contribution in [0.2, 0.25) is 25.8 Å². The Morgan fingerprint density at radius 1 is 0.627 bits per heavy atom. The van der Waals surface area contributed by atoms with Crippen molar-refractivity contribution >= 4 is 125 Å². The average Bonchev–Trinajstić information content (AvgIpc) is 3.65. The molecule has 8 aromatic heterocycles. The van der Waals surface area contributed by atoms with Crippen LogP contribution in [0.25, 0.3) is 33.1 Å². The smallest absolute Gasteiger partial charge is 0.326 e. The fourth-order valence-electron chi connectivity index (χ4n) is 7.56. The molecule has 4 fully saturated rings. The van der Waals surface area contributed by atoms with Crippen LogP contribution in [0.1, 0.15) is 108 Å². The first-order valence-corrected chi connectivity index (χ1v) is 29.7. The van der Waals surface area contributed by atoms with Crippen molar-refractivity contribution in [2.75, 3.05) is 31.8 Å². The number of aromatic amines is 1. The second kappa shape index (κ2) is 33.5. The van der Waals surface area contributed by atoms with Gasteiger partial charge in [-0.2, -0.15) is 0 Å². The van der Waals surface area contributed by atoms with E-state index in [9.17, 15) is 24.0 Å². The summed E-state index contributed by atoms with van der Waals surface area (Å²) >= 11 is 32.0. The molecule has 12 rings (SSSR count). The van der Waals surface area contributed by atoms with Gasteiger partial charge in [-0.15, -0.1) is 0 Å². The SMILES string of the molecule is CCOC(=O)CBr.CCOC(=O)Cn1cnc2c(ccn2C2CC2)c1=O.CCOC(Cc1c(Cl)ncnc1Cl)OCC.Clc1ncnc2c1ccn2C1CC1.NC1CC1.O=CCc1c(Cl)ncnc1Cl.O=c1[nH]cnc2c1ccn2C1CC1. The highest BCUT2D eigenvalue weighted by atomic mass is 79.9. The van der Waals surface area contributed by atoms with Crippen LogP contribution in [0.4, 0.5) is 0 Å². The number of hydrogen-bond donors (Lipinski definition) is 2. The zero-order valence-electron chi connectivity index (χ0n) is 46.0. The average molecular weight is 1310 g/mol. The van der Waals surface area contributed by atoms with Gasteiger partial charge in [0, 0.05) is 79.9 Å². The number of esters is 2. The van der Waals surface area contributed by atoms with E-state index in [1.807, 2.05) is 49.1 Å². The van der Waals surface area contributed by atoms with Crippen molar-refractivity contribution in [1.82, 2.24) is 63.1 Å². The van der Waals surface area contributed by atoms with Gasteiger partial charge < -0.3 is 48.2 Å². The predicted molar refractivity (Wildman–Crippen MR) is 321 cm³/mol. The number of alkyl halides is 1. The monoisotopic (exact) mass is 1310 g/mol. The van der Waals surface area contributed by atoms with E-state index in [2.05, 4.69) is 74.7 Å². The van der Waals surface area contributed by atoms with E-state index in [1.165, 1.54) is 74.7 Å². The lowest BCUT2D eigenvalue weighted by Gasteiger charge is -2.17. The minimum atomic E-state index is -0.424. The summed E-state index contributed by atoms with van der Waals surface area (Å²) in [6.45, 7) is 9.11. The zero-order chi connectivity index (χ0) is 60.0. The third-order valence-corrected chi connectivity index (χ3v) is 14.2. The molecule has 0 amide bonds. The molecule has 0 aliphatic heterocycles. The number of fused-ring (bicyclic) bond motifs is 3. The van der Waals surface area contributed by atoms with Crippen molar-refractivity contribution in [3.63, 3.8) is 0 Å². The second-order valence-electron chi connectivity index (χ2n) is 18.5. The topological polar surface area (TPSA) is 287 Å². The lowest BCUT2D eigenvalue weighted by atomic mass is 10.2. The van der Waals surface area contributed by atoms with E-state index in [0.29, 0.717) is 112 Å². The van der Waals surface area contributed by atoms with Crippen molar-refractivity contribution in [1.29, 1.82) is 0 Å². The molecule has 83 heavy (non-hydrogen) atoms. The molecule has 8 aromatic rings. The third-order valence-electron chi connectivity index (χ3n) is 12.2. The van der Waals surface area contributed by atoms with Crippen LogP contribution in [-0.2, 0) is 52.7 Å². The van der Waals surface area contributed by atoms with Gasteiger partial charge in [0.15, 0.2) is 6.29 Å². The molecule has 0 saturated heterocycles. The van der Waals surface area contributed by atoms with E-state index in [1.54, 1.807) is 19.9 Å². The van der Waals surface area contributed by atoms with Gasteiger partial charge in [-0.05, 0) is 97.3 Å². The zero-order valence-corrected chi connectivity index (χ0v) is 51.4. The first-order chi connectivity index (χ1) is 40.1. The number of nitrogens with two attached hydrogens (primary N) is 1. The van der Waals surface area contributed by atoms with Gasteiger partial charge in [-0.25, -0.2) is 39.9 Å². The molecule has 3 N–H and O–H groups in total. The minimum absolute atomic E-state index is 0.0515. The van der Waals surface area contributed by atoms with Gasteiger partial charge in [0.05, 0.1) is 35.7 Å². The van der Waals surface area contributed by atoms with Crippen LogP contribution in [0.15, 0.2) is 78.0 Å². The normalized spacial score (nSPS) is 14.0. The van der Waals surface area contributed by atoms with Crippen molar-refractivity contribution in [3.05, 3.63) is 126 Å². The summed E-state index contributed by atoms with van der Waals surface area (Å²) < 4.78 is 27.7. The van der Waals surface area contributed by atoms with E-state index < -0.39 is 5.97 Å². The molecule has 0 unspecified atom stereocenters. The number of aromatic nitrogens is 13. The first-order valence-electron chi connectivity index (χ1n) is 26.7. The molecular weight excluding hydrogens is 1250 g/mol. The lowest BCUT2D eigenvalue weighted by Crippen LogP contribution is -2.25. The van der Waals surface area contributed by atoms with Crippen molar-refractivity contribution < 1.29 is 33.3 Å². The fraction of sp³-hybridized carbons (Fsp3) is 0.463. The van der Waals surface area contributed by atoms with E-state index in [-0.39, 0.29) is 46.6 Å². The van der Waals surface area contributed by atoms with Gasteiger partial charge in [0.25, 0.3) is 11.1 Å². The summed E-state index contributed by atoms with van der Waals surface area (Å²) in [5, 5.41) is 4.18. The highest BCUT2D eigenvalue weighted by Gasteiger charge is 2.27. The summed E-state index contributed by atoms with van der Waals surface area (Å²) in [6, 6.07) is 7.86. The number of hydrogen-bond acceptors (Lipinski definition) is 18. The van der Waals surface area contributed by atoms with Crippen molar-refractivity contribution in [2.24, 2.45) is 5.73 Å². The molecule has 0 aromatic carbocycles. The van der Waals surface area contributed by atoms with Crippen molar-refractivity contribution in [2.45, 2.75) is 129 Å². The van der Waals surface area contributed by atoms with Gasteiger partial charge in [-0.1, -0.05) is 73.9 Å². The number of carbonyl (C=O) groups is 3. The van der Waals surface area contributed by atoms with Crippen molar-refractivity contribution in [3.8, 4) is 0 Å². The third kappa shape index (κ3) is 20.4. The Morgan fingerprint density at radius 3 is 1.53 bits per heavy atom. The maximum absolute atomic E-state index is 12.2. The molecule has 29 heteroatoms. The molecule has 4 saturated carbocycles. The molecule has 8 heterocycles. The molecule has 0 spiro atoms. The number of nitrogens with zero attached hydrogens (tertiary/aromatic N) is 12. The standard InChI is InChI=1S/C13H15N3O3.C10H14Cl2N2O2.C9H8ClN3.C9H9N3O.C6H4Cl2N2O.C4H7BrO2.C3H7N/c1-2-19-11(17)7-15-8-14-12-10(13(15)18)5-6-16(12)9-3-4-9;1-3-15-8(16-4-2)5-7-9(11)13-6-14-10(7)12;10-8-7-3-4-13(6-1-2-6)9(7)12-5-11-8;13-9-7-3-4-12(6-1-2-6)8(7)10-5-11-9;7-5-4(1-2-11)6(8)10-3-9-5;1-2-7-4(6)3-5;4-3-1-2-3/h5-6,8-9H,2-4,7H2,1H3;6,8H,3-5H2,1-2H3;3-6H,1-2H2;3-6H,1-2H2,(H,10,11,13);2-3H,1H2;2-3H2,1H3;3H,1-2,4H2. The van der Waals surface area contributed by atoms with Crippen LogP contribution in [-0.4, -0.2) is 125 Å². The highest BCUT2D eigenvalue weighted by Crippen LogP contribution is 2.39. The summed E-state index contributed by atoms with van der Waals surface area (Å²) in [5.41, 5.74) is 8.58. The van der Waals surface area contributed by atoms with Gasteiger partial charge in [0.1, 0.15) is 86.2 Å². The molecule has 0 atom stereocenters. The van der Waals surface area contributed by atoms with Gasteiger partial charge in [0.2, 0.25) is 0 Å². The van der Waals surface area contributed by atoms with Crippen LogP contribution >= 0.6 is 73.9 Å². The number of rotatable bonds is 16. The van der Waals surface area contributed by atoms with Crippen LogP contribution < -0.4 is 16.9 Å². The largest absolute Gasteiger partial charge is 0.465 e. The Balaban J connectivity index is 0.000000161. The molecular formula is C54H64BrCl5N14O9. The minimum Gasteiger partial charge on any atom is -0.465 e. The Morgan fingerprint density at radius 2 is 1.07 bits per heavy atom. The lowest BCUT2D eigenvalue weighted by molar-refractivity contribution is -0.144. The number of halogens is 6. The number of carbonyl (C=O) groups excluding carboxylic acids is 3. The second-order valence-corrected chi connectivity index (χ2v) is 20.9. The molecule has 4 aliphatic carbocycles. The Bertz CT molecular complexity index is 3460. The molecule has 0 bridgehead atoms. The van der Waals surface area contributed by atoms with E-state index >= 15 is 0 Å². The quantitative estimate of drug-likeness (QED) is 0.0299. The number of ether oxygens (including phenoxy) is 4. The first kappa shape index (κ1) is 66.2. The predicted octanol–water partition coefficient (Wildman–Crippen LogP) is 9.88. The Kier molecular flexibility index (Phi) is 26.7. The van der Waals surface area contributed by atoms with Crippen LogP contribution in [0.5, 0.6) is 0 Å². The Hall–Kier alpha value is -5.96. The summed E-state index contributed by atoms with van der Waals surface area (Å²) in [6.07, 6.45) is 23.5. The van der Waals surface area contributed by atoms with E-state index in [4.69, 9.17) is 77.9 Å². The molecule has 446 valence electrons. The Labute approximate surface area is 511 Å². The van der Waals surface area contributed by atoms with Gasteiger partial charge >= 0.3 is 11.9 Å².